The molecule has 0 saturated carbocycles. The van der Waals surface area contributed by atoms with E-state index in [0.717, 1.165) is 36.4 Å². The van der Waals surface area contributed by atoms with Crippen molar-refractivity contribution in [3.63, 3.8) is 0 Å². The van der Waals surface area contributed by atoms with Crippen LogP contribution < -0.4 is 15.2 Å². The van der Waals surface area contributed by atoms with Gasteiger partial charge in [0.2, 0.25) is 0 Å². The van der Waals surface area contributed by atoms with Gasteiger partial charge in [-0.2, -0.15) is 0 Å². The minimum Gasteiger partial charge on any atom is -0.493 e. The Bertz CT molecular complexity index is 564. The van der Waals surface area contributed by atoms with Gasteiger partial charge in [0.05, 0.1) is 13.7 Å². The maximum Gasteiger partial charge on any atom is 0.161 e. The molecule has 0 aromatic heterocycles. The summed E-state index contributed by atoms with van der Waals surface area (Å²) in [6.45, 7) is 2.80. The van der Waals surface area contributed by atoms with Gasteiger partial charge in [0.1, 0.15) is 0 Å². The lowest BCUT2D eigenvalue weighted by Crippen LogP contribution is -2.01. The van der Waals surface area contributed by atoms with Crippen LogP contribution in [0.4, 0.5) is 5.69 Å². The number of aryl methyl sites for hydroxylation is 2. The van der Waals surface area contributed by atoms with Gasteiger partial charge in [-0.3, -0.25) is 0 Å². The molecule has 0 radical (unpaired) electrons. The second-order valence-electron chi connectivity index (χ2n) is 5.03. The topological polar surface area (TPSA) is 44.5 Å². The first kappa shape index (κ1) is 15.2. The molecule has 112 valence electrons. The van der Waals surface area contributed by atoms with Gasteiger partial charge < -0.3 is 15.2 Å². The Balaban J connectivity index is 1.84. The third-order valence-corrected chi connectivity index (χ3v) is 3.48. The monoisotopic (exact) mass is 285 g/mol. The molecule has 21 heavy (non-hydrogen) atoms. The number of anilines is 1. The summed E-state index contributed by atoms with van der Waals surface area (Å²) in [6, 6.07) is 14.1. The standard InChI is InChI=1S/C18H23NO2/c1-3-14-8-11-17(18(13-14)20-2)21-12-4-5-15-6-9-16(19)10-7-15/h6-11,13H,3-5,12,19H2,1-2H3. The quantitative estimate of drug-likeness (QED) is 0.620. The fourth-order valence-corrected chi connectivity index (χ4v) is 2.19. The number of ether oxygens (including phenoxy) is 2. The van der Waals surface area contributed by atoms with Crippen molar-refractivity contribution in [2.45, 2.75) is 26.2 Å². The maximum atomic E-state index is 5.82. The van der Waals surface area contributed by atoms with Crippen LogP contribution in [-0.4, -0.2) is 13.7 Å². The van der Waals surface area contributed by atoms with E-state index in [1.165, 1.54) is 11.1 Å². The Morgan fingerprint density at radius 3 is 2.33 bits per heavy atom. The summed E-state index contributed by atoms with van der Waals surface area (Å²) < 4.78 is 11.2. The number of hydrogen-bond donors (Lipinski definition) is 1. The highest BCUT2D eigenvalue weighted by molar-refractivity contribution is 5.43. The lowest BCUT2D eigenvalue weighted by atomic mass is 10.1. The highest BCUT2D eigenvalue weighted by atomic mass is 16.5. The zero-order chi connectivity index (χ0) is 15.1. The third-order valence-electron chi connectivity index (χ3n) is 3.48. The van der Waals surface area contributed by atoms with Gasteiger partial charge in [0.25, 0.3) is 0 Å². The lowest BCUT2D eigenvalue weighted by Gasteiger charge is -2.12. The van der Waals surface area contributed by atoms with Gasteiger partial charge in [-0.25, -0.2) is 0 Å². The molecule has 3 heteroatoms. The van der Waals surface area contributed by atoms with Crippen LogP contribution in [0.25, 0.3) is 0 Å². The van der Waals surface area contributed by atoms with Crippen molar-refractivity contribution in [3.05, 3.63) is 53.6 Å². The Kier molecular flexibility index (Phi) is 5.50. The number of benzene rings is 2. The van der Waals surface area contributed by atoms with Crippen molar-refractivity contribution in [2.75, 3.05) is 19.5 Å². The molecule has 0 heterocycles. The molecule has 2 N–H and O–H groups in total. The smallest absolute Gasteiger partial charge is 0.161 e. The molecule has 2 aromatic rings. The van der Waals surface area contributed by atoms with Gasteiger partial charge in [0.15, 0.2) is 11.5 Å². The summed E-state index contributed by atoms with van der Waals surface area (Å²) in [4.78, 5) is 0. The van der Waals surface area contributed by atoms with Crippen molar-refractivity contribution in [1.29, 1.82) is 0 Å². The molecule has 0 aliphatic rings. The minimum atomic E-state index is 0.673. The van der Waals surface area contributed by atoms with Crippen LogP contribution in [-0.2, 0) is 12.8 Å². The summed E-state index contributed by atoms with van der Waals surface area (Å²) in [6.07, 6.45) is 2.94. The zero-order valence-corrected chi connectivity index (χ0v) is 12.8. The minimum absolute atomic E-state index is 0.673. The van der Waals surface area contributed by atoms with E-state index in [0.29, 0.717) is 6.61 Å². The first-order chi connectivity index (χ1) is 10.2. The molecule has 3 nitrogen and oxygen atoms in total. The summed E-state index contributed by atoms with van der Waals surface area (Å²) in [5.74, 6) is 1.62. The second-order valence-corrected chi connectivity index (χ2v) is 5.03. The zero-order valence-electron chi connectivity index (χ0n) is 12.8. The average Bonchev–Trinajstić information content (AvgIpc) is 2.53. The molecule has 0 amide bonds. The highest BCUT2D eigenvalue weighted by Gasteiger charge is 2.05. The van der Waals surface area contributed by atoms with Crippen molar-refractivity contribution in [3.8, 4) is 11.5 Å². The summed E-state index contributed by atoms with van der Waals surface area (Å²) in [5, 5.41) is 0. The molecular formula is C18H23NO2. The van der Waals surface area contributed by atoms with Crippen molar-refractivity contribution >= 4 is 5.69 Å². The Labute approximate surface area is 126 Å². The van der Waals surface area contributed by atoms with E-state index in [1.54, 1.807) is 7.11 Å². The van der Waals surface area contributed by atoms with Crippen molar-refractivity contribution < 1.29 is 9.47 Å². The summed E-state index contributed by atoms with van der Waals surface area (Å²) >= 11 is 0. The van der Waals surface area contributed by atoms with E-state index < -0.39 is 0 Å². The van der Waals surface area contributed by atoms with Crippen LogP contribution in [0, 0.1) is 0 Å². The average molecular weight is 285 g/mol. The molecule has 0 spiro atoms. The largest absolute Gasteiger partial charge is 0.493 e. The molecule has 0 unspecified atom stereocenters. The van der Waals surface area contributed by atoms with Crippen LogP contribution in [0.5, 0.6) is 11.5 Å². The van der Waals surface area contributed by atoms with E-state index in [-0.39, 0.29) is 0 Å². The molecule has 0 bridgehead atoms. The number of methoxy groups -OCH3 is 1. The van der Waals surface area contributed by atoms with Crippen LogP contribution in [0.1, 0.15) is 24.5 Å². The Hall–Kier alpha value is -2.16. The van der Waals surface area contributed by atoms with Crippen molar-refractivity contribution in [2.24, 2.45) is 0 Å². The van der Waals surface area contributed by atoms with Crippen LogP contribution in [0.15, 0.2) is 42.5 Å². The van der Waals surface area contributed by atoms with Gasteiger partial charge in [0, 0.05) is 5.69 Å². The Morgan fingerprint density at radius 2 is 1.67 bits per heavy atom. The predicted octanol–water partition coefficient (Wildman–Crippen LogP) is 3.85. The fraction of sp³-hybridized carbons (Fsp3) is 0.333. The number of hydrogen-bond acceptors (Lipinski definition) is 3. The second kappa shape index (κ2) is 7.58. The molecule has 2 aromatic carbocycles. The normalized spacial score (nSPS) is 10.4. The first-order valence-corrected chi connectivity index (χ1v) is 7.37. The van der Waals surface area contributed by atoms with Gasteiger partial charge in [-0.15, -0.1) is 0 Å². The first-order valence-electron chi connectivity index (χ1n) is 7.37. The van der Waals surface area contributed by atoms with Crippen LogP contribution >= 0.6 is 0 Å². The van der Waals surface area contributed by atoms with E-state index in [2.05, 4.69) is 25.1 Å². The summed E-state index contributed by atoms with van der Waals surface area (Å²) in [5.41, 5.74) is 9.01. The molecule has 0 aliphatic heterocycles. The van der Waals surface area contributed by atoms with E-state index in [4.69, 9.17) is 15.2 Å². The van der Waals surface area contributed by atoms with Gasteiger partial charge >= 0.3 is 0 Å². The third kappa shape index (κ3) is 4.42. The lowest BCUT2D eigenvalue weighted by molar-refractivity contribution is 0.289. The molecule has 0 atom stereocenters. The van der Waals surface area contributed by atoms with Crippen molar-refractivity contribution in [1.82, 2.24) is 0 Å². The van der Waals surface area contributed by atoms with E-state index in [9.17, 15) is 0 Å². The molecule has 0 saturated heterocycles. The molecule has 0 aliphatic carbocycles. The van der Waals surface area contributed by atoms with Gasteiger partial charge in [-0.1, -0.05) is 25.1 Å². The number of nitrogens with two attached hydrogens (primary N) is 1. The van der Waals surface area contributed by atoms with Crippen LogP contribution in [0.2, 0.25) is 0 Å². The van der Waals surface area contributed by atoms with E-state index >= 15 is 0 Å². The van der Waals surface area contributed by atoms with Gasteiger partial charge in [-0.05, 0) is 54.7 Å². The molecule has 2 rings (SSSR count). The predicted molar refractivity (Wildman–Crippen MR) is 87.0 cm³/mol. The molecular weight excluding hydrogens is 262 g/mol. The van der Waals surface area contributed by atoms with Crippen LogP contribution in [0.3, 0.4) is 0 Å². The van der Waals surface area contributed by atoms with E-state index in [1.807, 2.05) is 24.3 Å². The fourth-order valence-electron chi connectivity index (χ4n) is 2.19. The number of nitrogen functional groups attached to an aromatic ring is 1. The SMILES string of the molecule is CCc1ccc(OCCCc2ccc(N)cc2)c(OC)c1. The highest BCUT2D eigenvalue weighted by Crippen LogP contribution is 2.28. The maximum absolute atomic E-state index is 5.82. The summed E-state index contributed by atoms with van der Waals surface area (Å²) in [7, 11) is 1.68. The number of rotatable bonds is 7. The Morgan fingerprint density at radius 1 is 0.952 bits per heavy atom. The molecule has 0 fully saturated rings.